The number of esters is 1. The van der Waals surface area contributed by atoms with E-state index in [0.717, 1.165) is 11.1 Å². The van der Waals surface area contributed by atoms with E-state index in [4.69, 9.17) is 14.2 Å². The quantitative estimate of drug-likeness (QED) is 0.191. The van der Waals surface area contributed by atoms with E-state index in [0.29, 0.717) is 16.9 Å². The van der Waals surface area contributed by atoms with Crippen molar-refractivity contribution in [1.29, 1.82) is 0 Å². The molecule has 1 unspecified atom stereocenters. The number of aromatic nitrogens is 4. The minimum absolute atomic E-state index is 0.0434. The summed E-state index contributed by atoms with van der Waals surface area (Å²) in [6.45, 7) is 3.73. The van der Waals surface area contributed by atoms with Crippen LogP contribution in [0.5, 0.6) is 11.5 Å². The second-order valence-corrected chi connectivity index (χ2v) is 8.72. The van der Waals surface area contributed by atoms with Crippen molar-refractivity contribution in [3.63, 3.8) is 0 Å². The molecule has 0 saturated heterocycles. The number of nitrogens with zero attached hydrogens (tertiary/aromatic N) is 4. The molecule has 9 nitrogen and oxygen atoms in total. The zero-order valence-corrected chi connectivity index (χ0v) is 21.8. The molecule has 0 fully saturated rings. The standard InChI is InChI=1S/C27H27F3N4O5/c1-5-39-26(36)16(2)34-15-19(13-32-34)17-7-9-33-20(14-31-24(33)12-17)18-10-22(37-3)25(23(11-18)38-4)21(35)6-8-27(28,29)30/h7,9-16H,5-6,8H2,1-4H3. The van der Waals surface area contributed by atoms with Crippen molar-refractivity contribution < 1.29 is 37.0 Å². The van der Waals surface area contributed by atoms with Gasteiger partial charge in [0.2, 0.25) is 0 Å². The third-order valence-electron chi connectivity index (χ3n) is 6.19. The highest BCUT2D eigenvalue weighted by atomic mass is 19.4. The van der Waals surface area contributed by atoms with Crippen molar-refractivity contribution in [1.82, 2.24) is 19.2 Å². The average Bonchev–Trinajstić information content (AvgIpc) is 3.57. The van der Waals surface area contributed by atoms with Crippen LogP contribution in [0.1, 0.15) is 43.1 Å². The number of ketones is 1. The van der Waals surface area contributed by atoms with E-state index < -0.39 is 30.8 Å². The lowest BCUT2D eigenvalue weighted by Gasteiger charge is -2.15. The molecule has 0 aliphatic heterocycles. The van der Waals surface area contributed by atoms with Gasteiger partial charge in [-0.05, 0) is 43.7 Å². The van der Waals surface area contributed by atoms with Crippen molar-refractivity contribution >= 4 is 17.4 Å². The Morgan fingerprint density at radius 1 is 1.03 bits per heavy atom. The van der Waals surface area contributed by atoms with Gasteiger partial charge in [-0.15, -0.1) is 0 Å². The number of halogens is 3. The Labute approximate surface area is 222 Å². The first-order valence-electron chi connectivity index (χ1n) is 12.1. The van der Waals surface area contributed by atoms with Crippen LogP contribution in [-0.4, -0.2) is 57.9 Å². The molecular weight excluding hydrogens is 517 g/mol. The molecule has 0 aliphatic rings. The van der Waals surface area contributed by atoms with Crippen LogP contribution in [0.3, 0.4) is 0 Å². The van der Waals surface area contributed by atoms with E-state index in [1.165, 1.54) is 18.9 Å². The molecule has 12 heteroatoms. The smallest absolute Gasteiger partial charge is 0.389 e. The lowest BCUT2D eigenvalue weighted by atomic mass is 10.0. The number of pyridine rings is 1. The topological polar surface area (TPSA) is 97.0 Å². The van der Waals surface area contributed by atoms with Gasteiger partial charge in [-0.25, -0.2) is 9.78 Å². The third-order valence-corrected chi connectivity index (χ3v) is 6.19. The number of fused-ring (bicyclic) bond motifs is 1. The first-order chi connectivity index (χ1) is 18.6. The summed E-state index contributed by atoms with van der Waals surface area (Å²) in [5, 5.41) is 4.29. The van der Waals surface area contributed by atoms with Crippen molar-refractivity contribution in [2.45, 2.75) is 38.9 Å². The lowest BCUT2D eigenvalue weighted by Crippen LogP contribution is -2.19. The van der Waals surface area contributed by atoms with Gasteiger partial charge in [0.15, 0.2) is 5.78 Å². The van der Waals surface area contributed by atoms with E-state index in [1.54, 1.807) is 50.8 Å². The van der Waals surface area contributed by atoms with E-state index in [9.17, 15) is 22.8 Å². The molecule has 206 valence electrons. The van der Waals surface area contributed by atoms with Crippen molar-refractivity contribution in [3.05, 3.63) is 54.6 Å². The van der Waals surface area contributed by atoms with Crippen LogP contribution in [0.15, 0.2) is 49.1 Å². The summed E-state index contributed by atoms with van der Waals surface area (Å²) in [5.41, 5.74) is 3.41. The van der Waals surface area contributed by atoms with E-state index >= 15 is 0 Å². The highest BCUT2D eigenvalue weighted by Crippen LogP contribution is 2.37. The van der Waals surface area contributed by atoms with E-state index in [1.807, 2.05) is 16.5 Å². The fourth-order valence-electron chi connectivity index (χ4n) is 4.16. The van der Waals surface area contributed by atoms with Crippen molar-refractivity contribution in [2.24, 2.45) is 0 Å². The summed E-state index contributed by atoms with van der Waals surface area (Å²) in [6, 6.07) is 6.28. The largest absolute Gasteiger partial charge is 0.496 e. The fourth-order valence-corrected chi connectivity index (χ4v) is 4.16. The Hall–Kier alpha value is -4.35. The summed E-state index contributed by atoms with van der Waals surface area (Å²) in [7, 11) is 2.67. The Morgan fingerprint density at radius 2 is 1.72 bits per heavy atom. The molecule has 4 rings (SSSR count). The molecule has 0 saturated carbocycles. The number of Topliss-reactive ketones (excluding diaryl/α,β-unsaturated/α-hetero) is 1. The minimum Gasteiger partial charge on any atom is -0.496 e. The summed E-state index contributed by atoms with van der Waals surface area (Å²) in [6.07, 6.45) is 0.421. The van der Waals surface area contributed by atoms with Crippen LogP contribution < -0.4 is 9.47 Å². The van der Waals surface area contributed by atoms with Gasteiger partial charge in [-0.2, -0.15) is 18.3 Å². The summed E-state index contributed by atoms with van der Waals surface area (Å²) < 4.78 is 57.2. The molecule has 0 amide bonds. The first-order valence-corrected chi connectivity index (χ1v) is 12.1. The van der Waals surface area contributed by atoms with Gasteiger partial charge >= 0.3 is 12.1 Å². The molecule has 4 aromatic rings. The Balaban J connectivity index is 1.66. The monoisotopic (exact) mass is 544 g/mol. The van der Waals surface area contributed by atoms with Crippen LogP contribution >= 0.6 is 0 Å². The van der Waals surface area contributed by atoms with E-state index in [-0.39, 0.29) is 29.6 Å². The zero-order chi connectivity index (χ0) is 28.3. The lowest BCUT2D eigenvalue weighted by molar-refractivity contribution is -0.146. The number of carbonyl (C=O) groups is 2. The predicted molar refractivity (Wildman–Crippen MR) is 136 cm³/mol. The predicted octanol–water partition coefficient (Wildman–Crippen LogP) is 5.53. The van der Waals surface area contributed by atoms with Gasteiger partial charge in [-0.3, -0.25) is 13.9 Å². The molecular formula is C27H27F3N4O5. The van der Waals surface area contributed by atoms with Gasteiger partial charge in [0.25, 0.3) is 0 Å². The molecule has 1 aromatic carbocycles. The first kappa shape index (κ1) is 27.7. The summed E-state index contributed by atoms with van der Waals surface area (Å²) >= 11 is 0. The highest BCUT2D eigenvalue weighted by molar-refractivity contribution is 6.02. The second-order valence-electron chi connectivity index (χ2n) is 8.72. The maximum Gasteiger partial charge on any atom is 0.389 e. The normalized spacial score (nSPS) is 12.4. The number of rotatable bonds is 10. The molecule has 39 heavy (non-hydrogen) atoms. The van der Waals surface area contributed by atoms with Crippen LogP contribution in [0.2, 0.25) is 0 Å². The Kier molecular flexibility index (Phi) is 7.93. The Morgan fingerprint density at radius 3 is 2.33 bits per heavy atom. The van der Waals surface area contributed by atoms with Crippen molar-refractivity contribution in [3.8, 4) is 33.9 Å². The molecule has 1 atom stereocenters. The molecule has 0 spiro atoms. The highest BCUT2D eigenvalue weighted by Gasteiger charge is 2.30. The van der Waals surface area contributed by atoms with Crippen LogP contribution in [0.4, 0.5) is 13.2 Å². The maximum absolute atomic E-state index is 12.7. The number of hydrogen-bond acceptors (Lipinski definition) is 7. The number of imidazole rings is 1. The van der Waals surface area contributed by atoms with Crippen LogP contribution in [-0.2, 0) is 9.53 Å². The molecule has 3 aromatic heterocycles. The molecule has 0 radical (unpaired) electrons. The van der Waals surface area contributed by atoms with E-state index in [2.05, 4.69) is 10.1 Å². The van der Waals surface area contributed by atoms with Crippen molar-refractivity contribution in [2.75, 3.05) is 20.8 Å². The van der Waals surface area contributed by atoms with Gasteiger partial charge in [0.1, 0.15) is 28.8 Å². The minimum atomic E-state index is -4.46. The SMILES string of the molecule is CCOC(=O)C(C)n1cc(-c2ccn3c(-c4cc(OC)c(C(=O)CCC(F)(F)F)c(OC)c4)cnc3c2)cn1. The van der Waals surface area contributed by atoms with Crippen LogP contribution in [0.25, 0.3) is 28.0 Å². The number of benzene rings is 1. The maximum atomic E-state index is 12.7. The molecule has 0 aliphatic carbocycles. The average molecular weight is 545 g/mol. The Bertz CT molecular complexity index is 1480. The van der Waals surface area contributed by atoms with Gasteiger partial charge in [-0.1, -0.05) is 0 Å². The van der Waals surface area contributed by atoms with Gasteiger partial charge < -0.3 is 14.2 Å². The number of hydrogen-bond donors (Lipinski definition) is 0. The van der Waals surface area contributed by atoms with Gasteiger partial charge in [0.05, 0.1) is 45.3 Å². The van der Waals surface area contributed by atoms with Gasteiger partial charge in [0, 0.05) is 29.9 Å². The fraction of sp³-hybridized carbons (Fsp3) is 0.333. The molecule has 0 bridgehead atoms. The molecule has 0 N–H and O–H groups in total. The number of carbonyl (C=O) groups excluding carboxylic acids is 2. The summed E-state index contributed by atoms with van der Waals surface area (Å²) in [4.78, 5) is 29.2. The number of methoxy groups -OCH3 is 2. The second kappa shape index (κ2) is 11.2. The summed E-state index contributed by atoms with van der Waals surface area (Å²) in [5.74, 6) is -0.898. The third kappa shape index (κ3) is 5.89. The zero-order valence-electron chi connectivity index (χ0n) is 21.8. The number of ether oxygens (including phenoxy) is 3. The molecule has 3 heterocycles. The number of alkyl halides is 3. The van der Waals surface area contributed by atoms with Crippen LogP contribution in [0, 0.1) is 0 Å².